The molecule has 1 fully saturated rings. The lowest BCUT2D eigenvalue weighted by Crippen LogP contribution is -2.36. The van der Waals surface area contributed by atoms with Gasteiger partial charge in [0.15, 0.2) is 0 Å². The summed E-state index contributed by atoms with van der Waals surface area (Å²) >= 11 is 0. The van der Waals surface area contributed by atoms with E-state index in [0.717, 1.165) is 13.0 Å². The molecule has 0 radical (unpaired) electrons. The Bertz CT molecular complexity index is 355. The summed E-state index contributed by atoms with van der Waals surface area (Å²) in [7, 11) is -3.12. The molecule has 0 bridgehead atoms. The van der Waals surface area contributed by atoms with Crippen molar-refractivity contribution in [3.05, 3.63) is 0 Å². The van der Waals surface area contributed by atoms with Crippen molar-refractivity contribution in [2.24, 2.45) is 0 Å². The molecule has 0 aromatic carbocycles. The molecule has 0 aliphatic carbocycles. The first-order valence-corrected chi connectivity index (χ1v) is 7.61. The lowest BCUT2D eigenvalue weighted by Gasteiger charge is -2.19. The van der Waals surface area contributed by atoms with E-state index in [0.29, 0.717) is 26.2 Å². The van der Waals surface area contributed by atoms with Crippen LogP contribution in [0.15, 0.2) is 0 Å². The average molecular weight is 264 g/mol. The third-order valence-electron chi connectivity index (χ3n) is 2.67. The molecule has 100 valence electrons. The van der Waals surface area contributed by atoms with Crippen LogP contribution in [0.2, 0.25) is 0 Å². The molecule has 7 heteroatoms. The van der Waals surface area contributed by atoms with Gasteiger partial charge in [-0.2, -0.15) is 0 Å². The third-order valence-corrected chi connectivity index (χ3v) is 3.98. The highest BCUT2D eigenvalue weighted by molar-refractivity contribution is 7.88. The van der Waals surface area contributed by atoms with Gasteiger partial charge in [-0.3, -0.25) is 9.69 Å². The maximum absolute atomic E-state index is 11.4. The number of carbonyl (C=O) groups excluding carboxylic acids is 1. The monoisotopic (exact) mass is 264 g/mol. The molecule has 1 aliphatic rings. The summed E-state index contributed by atoms with van der Waals surface area (Å²) < 4.78 is 29.1. The van der Waals surface area contributed by atoms with Crippen LogP contribution in [-0.2, 0) is 19.6 Å². The topological polar surface area (TPSA) is 66.9 Å². The van der Waals surface area contributed by atoms with Crippen molar-refractivity contribution in [2.75, 3.05) is 45.6 Å². The Morgan fingerprint density at radius 3 is 2.53 bits per heavy atom. The molecular formula is C10H20N2O4S. The lowest BCUT2D eigenvalue weighted by molar-refractivity contribution is -0.144. The molecule has 6 nitrogen and oxygen atoms in total. The Hall–Kier alpha value is -0.660. The normalized spacial score (nSPS) is 19.9. The largest absolute Gasteiger partial charge is 0.465 e. The van der Waals surface area contributed by atoms with Crippen molar-refractivity contribution >= 4 is 16.0 Å². The van der Waals surface area contributed by atoms with Crippen LogP contribution in [-0.4, -0.2) is 69.2 Å². The Kier molecular flexibility index (Phi) is 5.35. The fourth-order valence-electron chi connectivity index (χ4n) is 1.83. The zero-order valence-corrected chi connectivity index (χ0v) is 11.2. The first-order chi connectivity index (χ1) is 7.93. The Morgan fingerprint density at radius 1 is 1.24 bits per heavy atom. The summed E-state index contributed by atoms with van der Waals surface area (Å²) in [6.45, 7) is 4.66. The molecule has 1 saturated heterocycles. The Labute approximate surface area is 103 Å². The molecule has 0 saturated carbocycles. The van der Waals surface area contributed by atoms with E-state index in [1.165, 1.54) is 10.6 Å². The minimum absolute atomic E-state index is 0.242. The molecule has 17 heavy (non-hydrogen) atoms. The van der Waals surface area contributed by atoms with E-state index in [-0.39, 0.29) is 12.5 Å². The van der Waals surface area contributed by atoms with Crippen LogP contribution in [0.4, 0.5) is 0 Å². The van der Waals surface area contributed by atoms with Crippen molar-refractivity contribution in [1.29, 1.82) is 0 Å². The average Bonchev–Trinajstić information content (AvgIpc) is 2.42. The van der Waals surface area contributed by atoms with E-state index < -0.39 is 10.0 Å². The highest BCUT2D eigenvalue weighted by Crippen LogP contribution is 2.06. The van der Waals surface area contributed by atoms with Crippen LogP contribution in [0.1, 0.15) is 13.3 Å². The van der Waals surface area contributed by atoms with Gasteiger partial charge in [0.25, 0.3) is 0 Å². The van der Waals surface area contributed by atoms with Crippen molar-refractivity contribution in [2.45, 2.75) is 13.3 Å². The van der Waals surface area contributed by atoms with Crippen LogP contribution >= 0.6 is 0 Å². The van der Waals surface area contributed by atoms with E-state index in [1.807, 2.05) is 4.90 Å². The van der Waals surface area contributed by atoms with E-state index in [2.05, 4.69) is 0 Å². The molecular weight excluding hydrogens is 244 g/mol. The smallest absolute Gasteiger partial charge is 0.320 e. The fourth-order valence-corrected chi connectivity index (χ4v) is 2.70. The molecule has 0 amide bonds. The van der Waals surface area contributed by atoms with Crippen molar-refractivity contribution < 1.29 is 17.9 Å². The minimum atomic E-state index is -3.12. The summed E-state index contributed by atoms with van der Waals surface area (Å²) in [6.07, 6.45) is 1.96. The first-order valence-electron chi connectivity index (χ1n) is 5.76. The SMILES string of the molecule is CCOC(=O)CN1CCCN(S(C)(=O)=O)CC1. The second kappa shape index (κ2) is 6.32. The highest BCUT2D eigenvalue weighted by atomic mass is 32.2. The number of ether oxygens (including phenoxy) is 1. The maximum atomic E-state index is 11.4. The van der Waals surface area contributed by atoms with Gasteiger partial charge < -0.3 is 4.74 Å². The lowest BCUT2D eigenvalue weighted by atomic mass is 10.4. The van der Waals surface area contributed by atoms with Gasteiger partial charge in [-0.1, -0.05) is 0 Å². The Morgan fingerprint density at radius 2 is 1.94 bits per heavy atom. The van der Waals surface area contributed by atoms with Gasteiger partial charge in [-0.25, -0.2) is 12.7 Å². The van der Waals surface area contributed by atoms with E-state index in [1.54, 1.807) is 6.92 Å². The van der Waals surface area contributed by atoms with Gasteiger partial charge in [0, 0.05) is 26.2 Å². The zero-order valence-electron chi connectivity index (χ0n) is 10.4. The molecule has 0 aromatic heterocycles. The number of esters is 1. The molecule has 0 aromatic rings. The summed E-state index contributed by atoms with van der Waals surface area (Å²) in [6, 6.07) is 0. The molecule has 0 unspecified atom stereocenters. The van der Waals surface area contributed by atoms with Crippen LogP contribution in [0.25, 0.3) is 0 Å². The molecule has 0 atom stereocenters. The molecule has 0 spiro atoms. The zero-order chi connectivity index (χ0) is 12.9. The summed E-state index contributed by atoms with van der Waals surface area (Å²) in [5.74, 6) is -0.250. The second-order valence-electron chi connectivity index (χ2n) is 4.10. The molecule has 0 N–H and O–H groups in total. The van der Waals surface area contributed by atoms with E-state index in [4.69, 9.17) is 4.74 Å². The van der Waals surface area contributed by atoms with Crippen LogP contribution < -0.4 is 0 Å². The van der Waals surface area contributed by atoms with Gasteiger partial charge >= 0.3 is 5.97 Å². The summed E-state index contributed by atoms with van der Waals surface area (Å²) in [4.78, 5) is 13.2. The minimum Gasteiger partial charge on any atom is -0.465 e. The summed E-state index contributed by atoms with van der Waals surface area (Å²) in [5.41, 5.74) is 0. The number of rotatable bonds is 4. The quantitative estimate of drug-likeness (QED) is 0.641. The van der Waals surface area contributed by atoms with E-state index in [9.17, 15) is 13.2 Å². The van der Waals surface area contributed by atoms with Gasteiger partial charge in [0.1, 0.15) is 0 Å². The van der Waals surface area contributed by atoms with Gasteiger partial charge in [0.05, 0.1) is 19.4 Å². The maximum Gasteiger partial charge on any atom is 0.320 e. The first kappa shape index (κ1) is 14.4. The number of hydrogen-bond donors (Lipinski definition) is 0. The third kappa shape index (κ3) is 5.01. The molecule has 1 rings (SSSR count). The predicted octanol–water partition coefficient (Wildman–Crippen LogP) is -0.483. The van der Waals surface area contributed by atoms with Gasteiger partial charge in [-0.05, 0) is 13.3 Å². The number of hydrogen-bond acceptors (Lipinski definition) is 5. The van der Waals surface area contributed by atoms with Gasteiger partial charge in [-0.15, -0.1) is 0 Å². The standard InChI is InChI=1S/C10H20N2O4S/c1-3-16-10(13)9-11-5-4-6-12(8-7-11)17(2,14)15/h3-9H2,1-2H3. The number of nitrogens with zero attached hydrogens (tertiary/aromatic N) is 2. The highest BCUT2D eigenvalue weighted by Gasteiger charge is 2.22. The van der Waals surface area contributed by atoms with Crippen molar-refractivity contribution in [1.82, 2.24) is 9.21 Å². The van der Waals surface area contributed by atoms with Gasteiger partial charge in [0.2, 0.25) is 10.0 Å². The number of carbonyl (C=O) groups is 1. The van der Waals surface area contributed by atoms with Crippen LogP contribution in [0.5, 0.6) is 0 Å². The van der Waals surface area contributed by atoms with Crippen LogP contribution in [0.3, 0.4) is 0 Å². The Balaban J connectivity index is 2.45. The number of sulfonamides is 1. The molecule has 1 aliphatic heterocycles. The summed E-state index contributed by atoms with van der Waals surface area (Å²) in [5, 5.41) is 0. The van der Waals surface area contributed by atoms with Crippen molar-refractivity contribution in [3.63, 3.8) is 0 Å². The fraction of sp³-hybridized carbons (Fsp3) is 0.900. The van der Waals surface area contributed by atoms with Crippen LogP contribution in [0, 0.1) is 0 Å². The predicted molar refractivity (Wildman–Crippen MR) is 64.1 cm³/mol. The second-order valence-corrected chi connectivity index (χ2v) is 6.08. The molecule has 1 heterocycles. The van der Waals surface area contributed by atoms with Crippen molar-refractivity contribution in [3.8, 4) is 0 Å². The van der Waals surface area contributed by atoms with E-state index >= 15 is 0 Å².